The van der Waals surface area contributed by atoms with E-state index in [1.807, 2.05) is 0 Å². The molecule has 0 heterocycles. The summed E-state index contributed by atoms with van der Waals surface area (Å²) in [6, 6.07) is 2.85. The molecule has 3 N–H and O–H groups in total. The highest BCUT2D eigenvalue weighted by atomic mass is 16.6. The Morgan fingerprint density at radius 2 is 1.66 bits per heavy atom. The van der Waals surface area contributed by atoms with Gasteiger partial charge in [-0.1, -0.05) is 38.2 Å². The Balaban J connectivity index is 2.11. The van der Waals surface area contributed by atoms with Crippen LogP contribution in [0.2, 0.25) is 0 Å². The van der Waals surface area contributed by atoms with Crippen LogP contribution in [0.3, 0.4) is 0 Å². The second-order valence-electron chi connectivity index (χ2n) is 8.10. The fourth-order valence-corrected chi connectivity index (χ4v) is 3.89. The lowest BCUT2D eigenvalue weighted by atomic mass is 9.85. The van der Waals surface area contributed by atoms with Crippen molar-refractivity contribution in [2.24, 2.45) is 11.7 Å². The van der Waals surface area contributed by atoms with Gasteiger partial charge in [0.25, 0.3) is 0 Å². The van der Waals surface area contributed by atoms with Crippen LogP contribution in [0.1, 0.15) is 57.9 Å². The van der Waals surface area contributed by atoms with Crippen molar-refractivity contribution in [1.82, 2.24) is 5.32 Å². The topological polar surface area (TPSA) is 134 Å². The Morgan fingerprint density at radius 1 is 1.03 bits per heavy atom. The Hall–Kier alpha value is -2.94. The largest absolute Gasteiger partial charge is 0.467 e. The van der Waals surface area contributed by atoms with Crippen molar-refractivity contribution in [2.75, 3.05) is 7.11 Å². The average molecular weight is 449 g/mol. The molecule has 0 aromatic heterocycles. The molecule has 1 fully saturated rings. The number of nitrogens with one attached hydrogen (secondary N) is 1. The number of benzene rings is 1. The minimum Gasteiger partial charge on any atom is -0.467 e. The average Bonchev–Trinajstić information content (AvgIpc) is 2.74. The predicted octanol–water partition coefficient (Wildman–Crippen LogP) is 2.04. The summed E-state index contributed by atoms with van der Waals surface area (Å²) in [5.41, 5.74) is 6.67. The van der Waals surface area contributed by atoms with Crippen LogP contribution in [-0.4, -0.2) is 43.0 Å². The minimum atomic E-state index is -0.977. The number of carbonyl (C=O) groups excluding carboxylic acids is 4. The zero-order valence-electron chi connectivity index (χ0n) is 18.8. The number of hydrogen-bond acceptors (Lipinski definition) is 8. The molecule has 2 atom stereocenters. The maximum Gasteiger partial charge on any atom is 0.328 e. The first-order valence-electron chi connectivity index (χ1n) is 10.8. The van der Waals surface area contributed by atoms with Gasteiger partial charge in [0.2, 0.25) is 5.91 Å². The van der Waals surface area contributed by atoms with E-state index in [2.05, 4.69) is 5.32 Å². The van der Waals surface area contributed by atoms with Crippen LogP contribution in [0.4, 0.5) is 0 Å². The van der Waals surface area contributed by atoms with E-state index in [1.165, 1.54) is 39.5 Å². The van der Waals surface area contributed by atoms with Crippen molar-refractivity contribution in [1.29, 1.82) is 0 Å². The van der Waals surface area contributed by atoms with E-state index in [9.17, 15) is 19.2 Å². The monoisotopic (exact) mass is 448 g/mol. The van der Waals surface area contributed by atoms with Gasteiger partial charge in [0.1, 0.15) is 6.04 Å². The van der Waals surface area contributed by atoms with Crippen LogP contribution < -0.4 is 20.5 Å². The Bertz CT molecular complexity index is 834. The quantitative estimate of drug-likeness (QED) is 0.433. The summed E-state index contributed by atoms with van der Waals surface area (Å²) < 4.78 is 15.0. The number of esters is 3. The van der Waals surface area contributed by atoms with Gasteiger partial charge in [0.15, 0.2) is 11.5 Å². The molecule has 9 heteroatoms. The first-order valence-corrected chi connectivity index (χ1v) is 10.8. The van der Waals surface area contributed by atoms with Gasteiger partial charge in [0.05, 0.1) is 13.2 Å². The molecule has 1 aromatic rings. The Kier molecular flexibility index (Phi) is 9.64. The number of hydrogen-bond donors (Lipinski definition) is 2. The van der Waals surface area contributed by atoms with Crippen LogP contribution in [0.25, 0.3) is 0 Å². The summed E-state index contributed by atoms with van der Waals surface area (Å²) >= 11 is 0. The normalized spacial score (nSPS) is 15.9. The van der Waals surface area contributed by atoms with Crippen LogP contribution in [0.5, 0.6) is 11.5 Å². The van der Waals surface area contributed by atoms with Crippen molar-refractivity contribution in [2.45, 2.75) is 70.9 Å². The van der Waals surface area contributed by atoms with Crippen LogP contribution in [-0.2, 0) is 30.3 Å². The van der Waals surface area contributed by atoms with Gasteiger partial charge in [-0.3, -0.25) is 14.4 Å². The van der Waals surface area contributed by atoms with Gasteiger partial charge in [-0.15, -0.1) is 0 Å². The molecule has 1 unspecified atom stereocenters. The van der Waals surface area contributed by atoms with Crippen LogP contribution in [0, 0.1) is 5.92 Å². The Labute approximate surface area is 188 Å². The van der Waals surface area contributed by atoms with Crippen molar-refractivity contribution in [3.63, 3.8) is 0 Å². The standard InChI is InChI=1S/C23H32N2O7/c1-14(26)31-20-10-9-17(13-21(20)32-15(2)27)12-19(23(29)30-3)25-22(28)18(24)11-16-7-5-4-6-8-16/h9-10,13,16,18-19H,4-8,11-12,24H2,1-3H3,(H,25,28)/t18-,19?/m0/s1. The van der Waals surface area contributed by atoms with Gasteiger partial charge in [0, 0.05) is 20.3 Å². The molecule has 0 saturated heterocycles. The van der Waals surface area contributed by atoms with E-state index in [-0.39, 0.29) is 17.9 Å². The first kappa shape index (κ1) is 25.3. The third kappa shape index (κ3) is 7.96. The maximum atomic E-state index is 12.7. The van der Waals surface area contributed by atoms with E-state index in [1.54, 1.807) is 6.07 Å². The lowest BCUT2D eigenvalue weighted by Gasteiger charge is -2.25. The number of nitrogens with two attached hydrogens (primary N) is 1. The molecular formula is C23H32N2O7. The van der Waals surface area contributed by atoms with Gasteiger partial charge in [-0.05, 0) is 30.0 Å². The van der Waals surface area contributed by atoms with Gasteiger partial charge in [-0.25, -0.2) is 4.79 Å². The second-order valence-corrected chi connectivity index (χ2v) is 8.10. The molecule has 1 saturated carbocycles. The smallest absolute Gasteiger partial charge is 0.328 e. The van der Waals surface area contributed by atoms with Crippen molar-refractivity contribution >= 4 is 23.8 Å². The third-order valence-electron chi connectivity index (χ3n) is 5.41. The van der Waals surface area contributed by atoms with E-state index in [0.29, 0.717) is 17.9 Å². The molecule has 0 radical (unpaired) electrons. The fourth-order valence-electron chi connectivity index (χ4n) is 3.89. The van der Waals surface area contributed by atoms with Crippen LogP contribution in [0.15, 0.2) is 18.2 Å². The number of methoxy groups -OCH3 is 1. The molecule has 1 aliphatic rings. The lowest BCUT2D eigenvalue weighted by molar-refractivity contribution is -0.145. The maximum absolute atomic E-state index is 12.7. The number of rotatable bonds is 9. The van der Waals surface area contributed by atoms with Crippen LogP contribution >= 0.6 is 0 Å². The summed E-state index contributed by atoms with van der Waals surface area (Å²) in [4.78, 5) is 47.7. The van der Waals surface area contributed by atoms with Gasteiger partial charge in [-0.2, -0.15) is 0 Å². The summed E-state index contributed by atoms with van der Waals surface area (Å²) in [5.74, 6) is -1.68. The molecule has 2 rings (SSSR count). The summed E-state index contributed by atoms with van der Waals surface area (Å²) in [6.07, 6.45) is 6.30. The summed E-state index contributed by atoms with van der Waals surface area (Å²) in [6.45, 7) is 2.44. The second kappa shape index (κ2) is 12.2. The molecule has 1 aromatic carbocycles. The third-order valence-corrected chi connectivity index (χ3v) is 5.41. The molecule has 0 spiro atoms. The van der Waals surface area contributed by atoms with E-state index in [0.717, 1.165) is 25.7 Å². The highest BCUT2D eigenvalue weighted by Gasteiger charge is 2.27. The van der Waals surface area contributed by atoms with E-state index < -0.39 is 35.9 Å². The first-order chi connectivity index (χ1) is 15.2. The molecule has 1 aliphatic carbocycles. The summed E-state index contributed by atoms with van der Waals surface area (Å²) in [7, 11) is 1.23. The lowest BCUT2D eigenvalue weighted by Crippen LogP contribution is -2.50. The fraction of sp³-hybridized carbons (Fsp3) is 0.565. The number of carbonyl (C=O) groups is 4. The highest BCUT2D eigenvalue weighted by Crippen LogP contribution is 2.30. The van der Waals surface area contributed by atoms with Crippen molar-refractivity contribution in [3.8, 4) is 11.5 Å². The molecule has 9 nitrogen and oxygen atoms in total. The predicted molar refractivity (Wildman–Crippen MR) is 116 cm³/mol. The van der Waals surface area contributed by atoms with Gasteiger partial charge < -0.3 is 25.3 Å². The molecule has 0 bridgehead atoms. The molecule has 176 valence electrons. The van der Waals surface area contributed by atoms with E-state index >= 15 is 0 Å². The summed E-state index contributed by atoms with van der Waals surface area (Å²) in [5, 5.41) is 2.68. The Morgan fingerprint density at radius 3 is 2.25 bits per heavy atom. The molecule has 1 amide bonds. The molecular weight excluding hydrogens is 416 g/mol. The zero-order chi connectivity index (χ0) is 23.7. The van der Waals surface area contributed by atoms with Crippen molar-refractivity contribution < 1.29 is 33.4 Å². The zero-order valence-corrected chi connectivity index (χ0v) is 18.8. The minimum absolute atomic E-state index is 0.0362. The molecule has 0 aliphatic heterocycles. The number of ether oxygens (including phenoxy) is 3. The number of amides is 1. The SMILES string of the molecule is COC(=O)C(Cc1ccc(OC(C)=O)c(OC(C)=O)c1)NC(=O)[C@@H](N)CC1CCCCC1. The van der Waals surface area contributed by atoms with Crippen molar-refractivity contribution in [3.05, 3.63) is 23.8 Å². The van der Waals surface area contributed by atoms with E-state index in [4.69, 9.17) is 19.9 Å². The molecule has 32 heavy (non-hydrogen) atoms. The highest BCUT2D eigenvalue weighted by molar-refractivity contribution is 5.87. The van der Waals surface area contributed by atoms with Gasteiger partial charge >= 0.3 is 17.9 Å².